The molecule has 0 saturated carbocycles. The van der Waals surface area contributed by atoms with Crippen molar-refractivity contribution in [1.82, 2.24) is 4.98 Å². The van der Waals surface area contributed by atoms with Gasteiger partial charge in [0.25, 0.3) is 0 Å². The van der Waals surface area contributed by atoms with Crippen molar-refractivity contribution in [2.45, 2.75) is 26.2 Å². The Balaban J connectivity index is 2.27. The van der Waals surface area contributed by atoms with E-state index in [0.717, 1.165) is 41.6 Å². The van der Waals surface area contributed by atoms with E-state index >= 15 is 0 Å². The molecular weight excluding hydrogens is 302 g/mol. The summed E-state index contributed by atoms with van der Waals surface area (Å²) in [4.78, 5) is 4.48. The molecule has 1 aliphatic carbocycles. The third kappa shape index (κ3) is 2.65. The molecule has 0 aliphatic heterocycles. The van der Waals surface area contributed by atoms with Crippen LogP contribution in [0.15, 0.2) is 18.2 Å². The Labute approximate surface area is 142 Å². The van der Waals surface area contributed by atoms with Crippen molar-refractivity contribution in [2.24, 2.45) is 5.92 Å². The molecule has 1 aromatic heterocycles. The maximum absolute atomic E-state index is 9.63. The summed E-state index contributed by atoms with van der Waals surface area (Å²) in [7, 11) is 3.21. The number of nitrogens with two attached hydrogens (primary N) is 1. The van der Waals surface area contributed by atoms with Gasteiger partial charge in [-0.2, -0.15) is 5.26 Å². The van der Waals surface area contributed by atoms with Crippen LogP contribution >= 0.6 is 0 Å². The number of hydrogen-bond acceptors (Lipinski definition) is 5. The normalized spacial score (nSPS) is 16.2. The third-order valence-corrected chi connectivity index (χ3v) is 4.62. The minimum Gasteiger partial charge on any atom is -0.493 e. The Morgan fingerprint density at radius 3 is 2.67 bits per heavy atom. The van der Waals surface area contributed by atoms with Crippen molar-refractivity contribution in [3.05, 3.63) is 35.0 Å². The van der Waals surface area contributed by atoms with Crippen molar-refractivity contribution in [1.29, 1.82) is 5.26 Å². The van der Waals surface area contributed by atoms with E-state index < -0.39 is 0 Å². The summed E-state index contributed by atoms with van der Waals surface area (Å²) in [5.41, 5.74) is 10.4. The highest BCUT2D eigenvalue weighted by atomic mass is 16.5. The number of aromatic nitrogens is 1. The molecule has 0 unspecified atom stereocenters. The molecule has 24 heavy (non-hydrogen) atoms. The minimum absolute atomic E-state index is 0.301. The van der Waals surface area contributed by atoms with E-state index in [9.17, 15) is 5.26 Å². The van der Waals surface area contributed by atoms with E-state index in [2.05, 4.69) is 18.0 Å². The number of rotatable bonds is 3. The standard InChI is InChI=1S/C19H21N3O2/c1-11-4-6-15-13(8-11)18(14(10-20)19(21)22-15)12-5-7-16(23-2)17(9-12)24-3/h5,7,9,11H,4,6,8H2,1-3H3,(H2,21,22)/t11-/m0/s1. The number of anilines is 1. The number of methoxy groups -OCH3 is 2. The van der Waals surface area contributed by atoms with Gasteiger partial charge in [-0.05, 0) is 48.4 Å². The molecule has 2 N–H and O–H groups in total. The maximum Gasteiger partial charge on any atom is 0.161 e. The van der Waals surface area contributed by atoms with Gasteiger partial charge >= 0.3 is 0 Å². The fourth-order valence-electron chi connectivity index (χ4n) is 3.38. The number of nitrogen functional groups attached to an aromatic ring is 1. The fraction of sp³-hybridized carbons (Fsp3) is 0.368. The summed E-state index contributed by atoms with van der Waals surface area (Å²) in [5, 5.41) is 9.63. The van der Waals surface area contributed by atoms with Crippen LogP contribution in [-0.4, -0.2) is 19.2 Å². The molecule has 5 heteroatoms. The lowest BCUT2D eigenvalue weighted by atomic mass is 9.82. The van der Waals surface area contributed by atoms with Crippen molar-refractivity contribution in [3.63, 3.8) is 0 Å². The molecule has 0 bridgehead atoms. The second-order valence-electron chi connectivity index (χ2n) is 6.20. The van der Waals surface area contributed by atoms with Gasteiger partial charge in [0, 0.05) is 11.3 Å². The summed E-state index contributed by atoms with van der Waals surface area (Å²) in [6.07, 6.45) is 2.89. The number of aryl methyl sites for hydroxylation is 1. The van der Waals surface area contributed by atoms with E-state index in [1.54, 1.807) is 14.2 Å². The zero-order chi connectivity index (χ0) is 17.3. The summed E-state index contributed by atoms with van der Waals surface area (Å²) >= 11 is 0. The molecule has 1 atom stereocenters. The lowest BCUT2D eigenvalue weighted by molar-refractivity contribution is 0.355. The van der Waals surface area contributed by atoms with Crippen LogP contribution in [0.2, 0.25) is 0 Å². The molecule has 1 aliphatic rings. The molecule has 0 fully saturated rings. The van der Waals surface area contributed by atoms with E-state index in [4.69, 9.17) is 15.2 Å². The lowest BCUT2D eigenvalue weighted by Gasteiger charge is -2.25. The smallest absolute Gasteiger partial charge is 0.161 e. The summed E-state index contributed by atoms with van der Waals surface area (Å²) in [6, 6.07) is 7.92. The van der Waals surface area contributed by atoms with E-state index in [-0.39, 0.29) is 0 Å². The second kappa shape index (κ2) is 6.40. The Hall–Kier alpha value is -2.74. The zero-order valence-corrected chi connectivity index (χ0v) is 14.2. The summed E-state index contributed by atoms with van der Waals surface area (Å²) in [6.45, 7) is 2.23. The molecule has 3 rings (SSSR count). The Morgan fingerprint density at radius 2 is 2.00 bits per heavy atom. The predicted octanol–water partition coefficient (Wildman–Crippen LogP) is 3.34. The molecule has 124 valence electrons. The molecular formula is C19H21N3O2. The van der Waals surface area contributed by atoms with Crippen LogP contribution in [-0.2, 0) is 12.8 Å². The number of nitriles is 1. The summed E-state index contributed by atoms with van der Waals surface area (Å²) in [5.74, 6) is 2.15. The van der Waals surface area contributed by atoms with E-state index in [1.807, 2.05) is 18.2 Å². The van der Waals surface area contributed by atoms with Gasteiger partial charge < -0.3 is 15.2 Å². The highest BCUT2D eigenvalue weighted by Crippen LogP contribution is 2.40. The van der Waals surface area contributed by atoms with Crippen molar-refractivity contribution in [3.8, 4) is 28.7 Å². The number of pyridine rings is 1. The van der Waals surface area contributed by atoms with E-state index in [0.29, 0.717) is 28.8 Å². The molecule has 2 aromatic rings. The van der Waals surface area contributed by atoms with Gasteiger partial charge in [0.05, 0.1) is 14.2 Å². The molecule has 0 amide bonds. The number of ether oxygens (including phenoxy) is 2. The fourth-order valence-corrected chi connectivity index (χ4v) is 3.38. The first-order valence-corrected chi connectivity index (χ1v) is 8.02. The Morgan fingerprint density at radius 1 is 1.25 bits per heavy atom. The number of benzene rings is 1. The first-order chi connectivity index (χ1) is 11.6. The van der Waals surface area contributed by atoms with Crippen LogP contribution in [0.4, 0.5) is 5.82 Å². The quantitative estimate of drug-likeness (QED) is 0.937. The molecule has 5 nitrogen and oxygen atoms in total. The minimum atomic E-state index is 0.301. The Kier molecular flexibility index (Phi) is 4.30. The van der Waals surface area contributed by atoms with Gasteiger partial charge in [0.1, 0.15) is 17.5 Å². The van der Waals surface area contributed by atoms with Crippen molar-refractivity contribution < 1.29 is 9.47 Å². The van der Waals surface area contributed by atoms with Crippen LogP contribution in [0.5, 0.6) is 11.5 Å². The van der Waals surface area contributed by atoms with Crippen molar-refractivity contribution in [2.75, 3.05) is 20.0 Å². The lowest BCUT2D eigenvalue weighted by Crippen LogP contribution is -2.16. The van der Waals surface area contributed by atoms with Gasteiger partial charge in [0.2, 0.25) is 0 Å². The van der Waals surface area contributed by atoms with Gasteiger partial charge in [-0.25, -0.2) is 4.98 Å². The molecule has 0 saturated heterocycles. The number of fused-ring (bicyclic) bond motifs is 1. The molecule has 1 heterocycles. The largest absolute Gasteiger partial charge is 0.493 e. The highest BCUT2D eigenvalue weighted by molar-refractivity contribution is 5.80. The van der Waals surface area contributed by atoms with Crippen LogP contribution in [0.3, 0.4) is 0 Å². The van der Waals surface area contributed by atoms with Crippen LogP contribution in [0.25, 0.3) is 11.1 Å². The Bertz CT molecular complexity index is 824. The van der Waals surface area contributed by atoms with E-state index in [1.165, 1.54) is 0 Å². The molecule has 1 aromatic carbocycles. The predicted molar refractivity (Wildman–Crippen MR) is 93.1 cm³/mol. The summed E-state index contributed by atoms with van der Waals surface area (Å²) < 4.78 is 10.7. The van der Waals surface area contributed by atoms with Crippen LogP contribution in [0.1, 0.15) is 30.2 Å². The average molecular weight is 323 g/mol. The number of hydrogen-bond donors (Lipinski definition) is 1. The SMILES string of the molecule is COc1ccc(-c2c(C#N)c(N)nc3c2C[C@@H](C)CC3)cc1OC. The van der Waals surface area contributed by atoms with Gasteiger partial charge in [0.15, 0.2) is 11.5 Å². The third-order valence-electron chi connectivity index (χ3n) is 4.62. The first kappa shape index (κ1) is 16.1. The van der Waals surface area contributed by atoms with Gasteiger partial charge in [-0.3, -0.25) is 0 Å². The molecule has 0 spiro atoms. The maximum atomic E-state index is 9.63. The monoisotopic (exact) mass is 323 g/mol. The first-order valence-electron chi connectivity index (χ1n) is 8.02. The van der Waals surface area contributed by atoms with Crippen molar-refractivity contribution >= 4 is 5.82 Å². The second-order valence-corrected chi connectivity index (χ2v) is 6.20. The molecule has 0 radical (unpaired) electrons. The average Bonchev–Trinajstić information content (AvgIpc) is 2.60. The highest BCUT2D eigenvalue weighted by Gasteiger charge is 2.25. The number of nitrogens with zero attached hydrogens (tertiary/aromatic N) is 2. The van der Waals surface area contributed by atoms with Gasteiger partial charge in [-0.15, -0.1) is 0 Å². The zero-order valence-electron chi connectivity index (χ0n) is 14.2. The topological polar surface area (TPSA) is 81.2 Å². The van der Waals surface area contributed by atoms with Gasteiger partial charge in [-0.1, -0.05) is 13.0 Å². The van der Waals surface area contributed by atoms with Crippen LogP contribution < -0.4 is 15.2 Å². The van der Waals surface area contributed by atoms with Crippen LogP contribution in [0, 0.1) is 17.2 Å².